The van der Waals surface area contributed by atoms with Gasteiger partial charge in [-0.25, -0.2) is 0 Å². The third kappa shape index (κ3) is 2.44. The van der Waals surface area contributed by atoms with Gasteiger partial charge < -0.3 is 10.2 Å². The molecule has 19 heavy (non-hydrogen) atoms. The second kappa shape index (κ2) is 5.36. The number of nitrogens with one attached hydrogen (secondary N) is 1. The lowest BCUT2D eigenvalue weighted by atomic mass is 10.1. The number of benzene rings is 1. The molecule has 1 saturated heterocycles. The minimum Gasteiger partial charge on any atom is -0.337 e. The summed E-state index contributed by atoms with van der Waals surface area (Å²) in [6, 6.07) is 8.36. The van der Waals surface area contributed by atoms with Crippen LogP contribution in [0.15, 0.2) is 24.3 Å². The highest BCUT2D eigenvalue weighted by Gasteiger charge is 2.18. The van der Waals surface area contributed by atoms with E-state index in [0.29, 0.717) is 0 Å². The fourth-order valence-electron chi connectivity index (χ4n) is 2.32. The maximum atomic E-state index is 4.17. The molecule has 100 valence electrons. The van der Waals surface area contributed by atoms with Crippen molar-refractivity contribution in [3.63, 3.8) is 0 Å². The van der Waals surface area contributed by atoms with Gasteiger partial charge in [0.05, 0.1) is 5.69 Å². The van der Waals surface area contributed by atoms with E-state index in [1.165, 1.54) is 5.56 Å². The van der Waals surface area contributed by atoms with Crippen LogP contribution in [0.2, 0.25) is 0 Å². The van der Waals surface area contributed by atoms with Gasteiger partial charge in [-0.15, -0.1) is 0 Å². The summed E-state index contributed by atoms with van der Waals surface area (Å²) in [6.45, 7) is 5.97. The Morgan fingerprint density at radius 1 is 1.26 bits per heavy atom. The number of anilines is 1. The van der Waals surface area contributed by atoms with Crippen LogP contribution in [-0.2, 0) is 6.42 Å². The molecule has 1 aromatic heterocycles. The zero-order valence-corrected chi connectivity index (χ0v) is 11.1. The Balaban J connectivity index is 1.94. The Morgan fingerprint density at radius 3 is 2.89 bits per heavy atom. The Labute approximate surface area is 112 Å². The molecule has 1 N–H and O–H groups in total. The first-order valence-electron chi connectivity index (χ1n) is 6.72. The van der Waals surface area contributed by atoms with E-state index >= 15 is 0 Å². The fourth-order valence-corrected chi connectivity index (χ4v) is 2.32. The minimum absolute atomic E-state index is 0.828. The minimum atomic E-state index is 0.828. The molecule has 0 atom stereocenters. The predicted octanol–water partition coefficient (Wildman–Crippen LogP) is 0.634. The summed E-state index contributed by atoms with van der Waals surface area (Å²) in [6.07, 6.45) is 1.01. The van der Waals surface area contributed by atoms with E-state index in [0.717, 1.165) is 44.2 Å². The maximum Gasteiger partial charge on any atom is 0.250 e. The van der Waals surface area contributed by atoms with E-state index in [2.05, 4.69) is 50.9 Å². The van der Waals surface area contributed by atoms with Crippen LogP contribution in [0.1, 0.15) is 12.5 Å². The first-order chi connectivity index (χ1) is 9.38. The summed E-state index contributed by atoms with van der Waals surface area (Å²) < 4.78 is 1.82. The zero-order chi connectivity index (χ0) is 13.1. The standard InChI is InChI=1S/C13H18N6/c1-2-11-4-3-5-12(10-11)19-13(15-16-17-19)18-8-6-14-7-9-18/h3-5,10,14H,2,6-9H2,1H3. The lowest BCUT2D eigenvalue weighted by molar-refractivity contribution is 0.575. The molecule has 0 aliphatic carbocycles. The molecule has 1 aromatic carbocycles. The van der Waals surface area contributed by atoms with Crippen molar-refractivity contribution in [3.8, 4) is 5.69 Å². The summed E-state index contributed by atoms with van der Waals surface area (Å²) in [4.78, 5) is 2.22. The summed E-state index contributed by atoms with van der Waals surface area (Å²) in [5.74, 6) is 0.828. The van der Waals surface area contributed by atoms with Crippen molar-refractivity contribution >= 4 is 5.95 Å². The third-order valence-electron chi connectivity index (χ3n) is 3.42. The van der Waals surface area contributed by atoms with Crippen molar-refractivity contribution in [2.75, 3.05) is 31.1 Å². The molecule has 6 heteroatoms. The predicted molar refractivity (Wildman–Crippen MR) is 73.6 cm³/mol. The van der Waals surface area contributed by atoms with Crippen LogP contribution in [0.4, 0.5) is 5.95 Å². The second-order valence-corrected chi connectivity index (χ2v) is 4.65. The van der Waals surface area contributed by atoms with Gasteiger partial charge in [-0.1, -0.05) is 24.2 Å². The molecule has 0 unspecified atom stereocenters. The molecule has 1 fully saturated rings. The van der Waals surface area contributed by atoms with Crippen LogP contribution in [0.5, 0.6) is 0 Å². The third-order valence-corrected chi connectivity index (χ3v) is 3.42. The quantitative estimate of drug-likeness (QED) is 0.875. The molecule has 0 amide bonds. The van der Waals surface area contributed by atoms with Gasteiger partial charge in [-0.3, -0.25) is 0 Å². The smallest absolute Gasteiger partial charge is 0.250 e. The van der Waals surface area contributed by atoms with Crippen LogP contribution in [0.3, 0.4) is 0 Å². The molecule has 1 aliphatic rings. The molecule has 0 radical (unpaired) electrons. The first kappa shape index (κ1) is 12.1. The molecule has 3 rings (SSSR count). The molecule has 0 spiro atoms. The van der Waals surface area contributed by atoms with E-state index < -0.39 is 0 Å². The zero-order valence-electron chi connectivity index (χ0n) is 11.1. The van der Waals surface area contributed by atoms with Crippen LogP contribution < -0.4 is 10.2 Å². The summed E-state index contributed by atoms with van der Waals surface area (Å²) in [7, 11) is 0. The van der Waals surface area contributed by atoms with Crippen molar-refractivity contribution in [1.29, 1.82) is 0 Å². The lowest BCUT2D eigenvalue weighted by Crippen LogP contribution is -2.44. The van der Waals surface area contributed by atoms with Gasteiger partial charge in [-0.05, 0) is 34.5 Å². The maximum absolute atomic E-state index is 4.17. The van der Waals surface area contributed by atoms with E-state index in [1.54, 1.807) is 0 Å². The van der Waals surface area contributed by atoms with Crippen LogP contribution in [0, 0.1) is 0 Å². The summed E-state index contributed by atoms with van der Waals surface area (Å²) >= 11 is 0. The Bertz CT molecular complexity index is 544. The van der Waals surface area contributed by atoms with E-state index in [1.807, 2.05) is 10.7 Å². The molecule has 6 nitrogen and oxygen atoms in total. The fraction of sp³-hybridized carbons (Fsp3) is 0.462. The number of hydrogen-bond donors (Lipinski definition) is 1. The molecule has 2 aromatic rings. The molecule has 2 heterocycles. The van der Waals surface area contributed by atoms with Gasteiger partial charge in [0.2, 0.25) is 5.95 Å². The van der Waals surface area contributed by atoms with E-state index in [-0.39, 0.29) is 0 Å². The Morgan fingerprint density at radius 2 is 2.11 bits per heavy atom. The Hall–Kier alpha value is -1.95. The van der Waals surface area contributed by atoms with Gasteiger partial charge in [-0.2, -0.15) is 4.68 Å². The SMILES string of the molecule is CCc1cccc(-n2nnnc2N2CCNCC2)c1. The van der Waals surface area contributed by atoms with Gasteiger partial charge in [0.25, 0.3) is 0 Å². The van der Waals surface area contributed by atoms with E-state index in [4.69, 9.17) is 0 Å². The second-order valence-electron chi connectivity index (χ2n) is 4.65. The number of rotatable bonds is 3. The number of nitrogens with zero attached hydrogens (tertiary/aromatic N) is 5. The van der Waals surface area contributed by atoms with Crippen molar-refractivity contribution in [2.24, 2.45) is 0 Å². The average molecular weight is 258 g/mol. The molecular weight excluding hydrogens is 240 g/mol. The number of aromatic nitrogens is 4. The molecule has 0 saturated carbocycles. The number of piperazine rings is 1. The van der Waals surface area contributed by atoms with E-state index in [9.17, 15) is 0 Å². The number of tetrazole rings is 1. The van der Waals surface area contributed by atoms with Crippen molar-refractivity contribution in [2.45, 2.75) is 13.3 Å². The summed E-state index contributed by atoms with van der Waals surface area (Å²) in [5.41, 5.74) is 2.32. The van der Waals surface area contributed by atoms with Gasteiger partial charge >= 0.3 is 0 Å². The average Bonchev–Trinajstić information content (AvgIpc) is 2.98. The van der Waals surface area contributed by atoms with Gasteiger partial charge in [0, 0.05) is 26.2 Å². The van der Waals surface area contributed by atoms with Crippen LogP contribution >= 0.6 is 0 Å². The van der Waals surface area contributed by atoms with Crippen molar-refractivity contribution in [3.05, 3.63) is 29.8 Å². The normalized spacial score (nSPS) is 15.7. The Kier molecular flexibility index (Phi) is 3.41. The van der Waals surface area contributed by atoms with Crippen molar-refractivity contribution in [1.82, 2.24) is 25.5 Å². The molecular formula is C13H18N6. The van der Waals surface area contributed by atoms with Gasteiger partial charge in [0.15, 0.2) is 0 Å². The van der Waals surface area contributed by atoms with Gasteiger partial charge in [0.1, 0.15) is 0 Å². The first-order valence-corrected chi connectivity index (χ1v) is 6.72. The summed E-state index contributed by atoms with van der Waals surface area (Å²) in [5, 5.41) is 15.5. The van der Waals surface area contributed by atoms with Crippen molar-refractivity contribution < 1.29 is 0 Å². The number of aryl methyl sites for hydroxylation is 1. The van der Waals surface area contributed by atoms with Crippen LogP contribution in [0.25, 0.3) is 5.69 Å². The highest BCUT2D eigenvalue weighted by Crippen LogP contribution is 2.17. The lowest BCUT2D eigenvalue weighted by Gasteiger charge is -2.27. The largest absolute Gasteiger partial charge is 0.337 e. The molecule has 1 aliphatic heterocycles. The van der Waals surface area contributed by atoms with Crippen LogP contribution in [-0.4, -0.2) is 46.4 Å². The number of hydrogen-bond acceptors (Lipinski definition) is 5. The monoisotopic (exact) mass is 258 g/mol. The topological polar surface area (TPSA) is 58.9 Å². The highest BCUT2D eigenvalue weighted by molar-refractivity contribution is 5.42. The highest BCUT2D eigenvalue weighted by atomic mass is 15.6. The molecule has 0 bridgehead atoms.